The maximum absolute atomic E-state index is 11.1. The first kappa shape index (κ1) is 50.1. The second-order valence-electron chi connectivity index (χ2n) is 17.8. The number of allylic oxidation sites excluding steroid dienone is 4. The Kier molecular flexibility index (Phi) is 17.9. The van der Waals surface area contributed by atoms with E-state index in [1.165, 1.54) is 31.3 Å². The van der Waals surface area contributed by atoms with E-state index in [2.05, 4.69) is 55.7 Å². The number of benzene rings is 3. The summed E-state index contributed by atoms with van der Waals surface area (Å²) in [6.45, 7) is 11.0. The summed E-state index contributed by atoms with van der Waals surface area (Å²) in [4.78, 5) is 35.2. The summed E-state index contributed by atoms with van der Waals surface area (Å²) < 4.78 is 5.56. The van der Waals surface area contributed by atoms with Gasteiger partial charge in [-0.15, -0.1) is 0 Å². The Morgan fingerprint density at radius 2 is 1.35 bits per heavy atom. The van der Waals surface area contributed by atoms with Gasteiger partial charge in [-0.05, 0) is 129 Å². The zero-order chi connectivity index (χ0) is 47.1. The SMILES string of the molecule is C=C1/C(=C\C=C2/CCC[C@]3(C)[C@@H]([C@H](C)/C=C/[C@H](O)C4(c5nc(CCC)no5)CC4)CC[C@@H]23)C[C@@H](O)C[C@@H]1O.O=C(O)c1ccccc1.O=C(O)c1ccccc1.O=C(O)c1ccccc1. The molecule has 0 aliphatic heterocycles. The van der Waals surface area contributed by atoms with E-state index in [9.17, 15) is 29.7 Å². The van der Waals surface area contributed by atoms with E-state index < -0.39 is 41.6 Å². The molecule has 1 heterocycles. The molecule has 12 heteroatoms. The smallest absolute Gasteiger partial charge is 0.335 e. The van der Waals surface area contributed by atoms with E-state index >= 15 is 0 Å². The third kappa shape index (κ3) is 13.3. The fourth-order valence-corrected chi connectivity index (χ4v) is 9.50. The Labute approximate surface area is 381 Å². The highest BCUT2D eigenvalue weighted by Crippen LogP contribution is 2.60. The zero-order valence-electron chi connectivity index (χ0n) is 37.6. The Bertz CT molecular complexity index is 2160. The van der Waals surface area contributed by atoms with Crippen LogP contribution < -0.4 is 0 Å². The number of nitrogens with zero attached hydrogens (tertiary/aromatic N) is 2. The largest absolute Gasteiger partial charge is 0.478 e. The van der Waals surface area contributed by atoms with Gasteiger partial charge in [0.15, 0.2) is 5.82 Å². The maximum Gasteiger partial charge on any atom is 0.335 e. The number of fused-ring (bicyclic) bond motifs is 1. The average Bonchev–Trinajstić information content (AvgIpc) is 3.84. The number of carboxylic acid groups (broad SMARTS) is 3. The van der Waals surface area contributed by atoms with Gasteiger partial charge in [-0.25, -0.2) is 14.4 Å². The molecule has 0 saturated heterocycles. The summed E-state index contributed by atoms with van der Waals surface area (Å²) in [5.41, 5.74) is 4.06. The molecule has 8 rings (SSSR count). The molecule has 12 nitrogen and oxygen atoms in total. The van der Waals surface area contributed by atoms with Crippen molar-refractivity contribution in [1.29, 1.82) is 0 Å². The standard InChI is InChI=1S/C32H46N2O4.3C7H6O2/c1-5-7-29-33-30(38-34-29)32(16-17-32)28(37)14-9-20(2)25-12-13-26-22(8-6-15-31(25,26)4)10-11-23-18-24(35)19-27(36)21(23)3;3*8-7(9)6-4-2-1-3-5-6/h9-11,14,20,24-28,35-37H,3,5-8,12-13,15-19H2,1-2,4H3;3*1-5H,(H,8,9)/b14-9+,22-10+,23-11-;;;/t20-,24-,25-,26+,27+,28+,31-;;;/m1.../s1. The second-order valence-corrected chi connectivity index (χ2v) is 17.8. The number of carboxylic acids is 3. The fraction of sp³-hybridized carbons (Fsp3) is 0.415. The lowest BCUT2D eigenvalue weighted by atomic mass is 9.61. The van der Waals surface area contributed by atoms with Gasteiger partial charge in [0.25, 0.3) is 0 Å². The van der Waals surface area contributed by atoms with Gasteiger partial charge in [0, 0.05) is 12.8 Å². The van der Waals surface area contributed by atoms with Crippen LogP contribution in [0.4, 0.5) is 0 Å². The number of aliphatic hydroxyl groups is 3. The Balaban J connectivity index is 0.000000234. The minimum Gasteiger partial charge on any atom is -0.478 e. The molecule has 6 N–H and O–H groups in total. The molecule has 4 aliphatic rings. The summed E-state index contributed by atoms with van der Waals surface area (Å²) in [6.07, 6.45) is 17.3. The molecule has 1 aromatic heterocycles. The quantitative estimate of drug-likeness (QED) is 0.0777. The van der Waals surface area contributed by atoms with Gasteiger partial charge in [0.2, 0.25) is 5.89 Å². The Morgan fingerprint density at radius 3 is 1.83 bits per heavy atom. The molecule has 65 heavy (non-hydrogen) atoms. The summed E-state index contributed by atoms with van der Waals surface area (Å²) >= 11 is 0. The molecule has 0 amide bonds. The number of hydrogen-bond acceptors (Lipinski definition) is 9. The van der Waals surface area contributed by atoms with Crippen molar-refractivity contribution in [2.45, 2.75) is 115 Å². The highest BCUT2D eigenvalue weighted by molar-refractivity contribution is 5.88. The van der Waals surface area contributed by atoms with Crippen LogP contribution in [0.25, 0.3) is 0 Å². The normalized spacial score (nSPS) is 25.1. The molecule has 4 aromatic rings. The van der Waals surface area contributed by atoms with Crippen LogP contribution in [0.15, 0.2) is 143 Å². The van der Waals surface area contributed by atoms with E-state index in [1.54, 1.807) is 91.0 Å². The van der Waals surface area contributed by atoms with E-state index in [0.717, 1.165) is 49.1 Å². The van der Waals surface area contributed by atoms with Crippen molar-refractivity contribution < 1.29 is 49.5 Å². The molecule has 4 saturated carbocycles. The third-order valence-corrected chi connectivity index (χ3v) is 13.3. The van der Waals surface area contributed by atoms with Gasteiger partial charge in [-0.2, -0.15) is 4.98 Å². The minimum absolute atomic E-state index is 0.235. The van der Waals surface area contributed by atoms with Crippen molar-refractivity contribution in [2.75, 3.05) is 0 Å². The summed E-state index contributed by atoms with van der Waals surface area (Å²) in [6, 6.07) is 24.9. The van der Waals surface area contributed by atoms with Crippen molar-refractivity contribution in [3.63, 3.8) is 0 Å². The Hall–Kier alpha value is -5.95. The van der Waals surface area contributed by atoms with E-state index in [4.69, 9.17) is 19.8 Å². The third-order valence-electron chi connectivity index (χ3n) is 13.3. The van der Waals surface area contributed by atoms with Crippen LogP contribution in [0.1, 0.15) is 128 Å². The van der Waals surface area contributed by atoms with Crippen LogP contribution in [0.3, 0.4) is 0 Å². The second kappa shape index (κ2) is 23.3. The minimum atomic E-state index is -0.879. The van der Waals surface area contributed by atoms with Crippen molar-refractivity contribution in [1.82, 2.24) is 10.1 Å². The maximum atomic E-state index is 11.1. The van der Waals surface area contributed by atoms with E-state index in [1.807, 2.05) is 6.08 Å². The first-order chi connectivity index (χ1) is 31.1. The predicted molar refractivity (Wildman–Crippen MR) is 248 cm³/mol. The first-order valence-corrected chi connectivity index (χ1v) is 22.6. The monoisotopic (exact) mass is 888 g/mol. The molecule has 0 unspecified atom stereocenters. The van der Waals surface area contributed by atoms with Crippen LogP contribution >= 0.6 is 0 Å². The van der Waals surface area contributed by atoms with Crippen molar-refractivity contribution in [3.8, 4) is 0 Å². The highest BCUT2D eigenvalue weighted by atomic mass is 16.5. The lowest BCUT2D eigenvalue weighted by Gasteiger charge is -2.44. The molecule has 0 bridgehead atoms. The lowest BCUT2D eigenvalue weighted by Crippen LogP contribution is -2.35. The molecule has 0 spiro atoms. The van der Waals surface area contributed by atoms with E-state index in [-0.39, 0.29) is 5.41 Å². The highest BCUT2D eigenvalue weighted by Gasteiger charge is 2.55. The van der Waals surface area contributed by atoms with Gasteiger partial charge >= 0.3 is 17.9 Å². The Morgan fingerprint density at radius 1 is 0.815 bits per heavy atom. The average molecular weight is 889 g/mol. The fourth-order valence-electron chi connectivity index (χ4n) is 9.50. The summed E-state index contributed by atoms with van der Waals surface area (Å²) in [7, 11) is 0. The number of aromatic carboxylic acids is 3. The van der Waals surface area contributed by atoms with Crippen molar-refractivity contribution >= 4 is 17.9 Å². The molecule has 4 aliphatic carbocycles. The van der Waals surface area contributed by atoms with Crippen LogP contribution in [0.2, 0.25) is 0 Å². The molecular weight excluding hydrogens is 825 g/mol. The van der Waals surface area contributed by atoms with Gasteiger partial charge < -0.3 is 35.2 Å². The molecule has 4 fully saturated rings. The molecule has 346 valence electrons. The molecular formula is C53H64N2O10. The van der Waals surface area contributed by atoms with Crippen LogP contribution in [0.5, 0.6) is 0 Å². The predicted octanol–water partition coefficient (Wildman–Crippen LogP) is 9.90. The number of aliphatic hydroxyl groups excluding tert-OH is 3. The summed E-state index contributed by atoms with van der Waals surface area (Å²) in [5, 5.41) is 60.7. The van der Waals surface area contributed by atoms with Crippen molar-refractivity contribution in [3.05, 3.63) is 167 Å². The zero-order valence-corrected chi connectivity index (χ0v) is 37.6. The lowest BCUT2D eigenvalue weighted by molar-refractivity contribution is 0.0686. The number of aryl methyl sites for hydroxylation is 1. The first-order valence-electron chi connectivity index (χ1n) is 22.6. The molecule has 0 radical (unpaired) electrons. The molecule has 7 atom stereocenters. The van der Waals surface area contributed by atoms with Crippen LogP contribution in [-0.4, -0.2) is 77.0 Å². The van der Waals surface area contributed by atoms with Crippen LogP contribution in [0, 0.1) is 23.2 Å². The topological polar surface area (TPSA) is 212 Å². The summed E-state index contributed by atoms with van der Waals surface area (Å²) in [5.74, 6) is 0.179. The van der Waals surface area contributed by atoms with Crippen LogP contribution in [-0.2, 0) is 11.8 Å². The van der Waals surface area contributed by atoms with Crippen molar-refractivity contribution in [2.24, 2.45) is 23.2 Å². The van der Waals surface area contributed by atoms with Gasteiger partial charge in [0.1, 0.15) is 0 Å². The van der Waals surface area contributed by atoms with Gasteiger partial charge in [0.05, 0.1) is 40.4 Å². The number of rotatable bonds is 11. The number of carbonyl (C=O) groups is 3. The van der Waals surface area contributed by atoms with Gasteiger partial charge in [-0.1, -0.05) is 117 Å². The number of aromatic nitrogens is 2. The number of hydrogen-bond donors (Lipinski definition) is 6. The van der Waals surface area contributed by atoms with Gasteiger partial charge in [-0.3, -0.25) is 0 Å². The molecule has 3 aromatic carbocycles. The van der Waals surface area contributed by atoms with E-state index in [0.29, 0.717) is 53.2 Å².